The monoisotopic (exact) mass is 359 g/mol. The first kappa shape index (κ1) is 16.4. The Bertz CT molecular complexity index is 754. The molecule has 0 aromatic carbocycles. The van der Waals surface area contributed by atoms with Crippen molar-refractivity contribution in [2.75, 3.05) is 20.0 Å². The van der Waals surface area contributed by atoms with Crippen LogP contribution in [-0.4, -0.2) is 26.2 Å². The molecule has 0 saturated heterocycles. The predicted molar refractivity (Wildman–Crippen MR) is 84.9 cm³/mol. The molecule has 2 rings (SSSR count). The van der Waals surface area contributed by atoms with E-state index >= 15 is 0 Å². The number of carbonyl (C=O) groups is 2. The van der Waals surface area contributed by atoms with Crippen LogP contribution < -0.4 is 5.73 Å². The number of nitrogens with zero attached hydrogens (tertiary/aromatic N) is 2. The number of nitrogens with two attached hydrogens (primary N) is 1. The molecule has 2 aromatic heterocycles. The van der Waals surface area contributed by atoms with Crippen LogP contribution >= 0.6 is 34.3 Å². The summed E-state index contributed by atoms with van der Waals surface area (Å²) in [5.41, 5.74) is 6.11. The third kappa shape index (κ3) is 3.26. The predicted octanol–water partition coefficient (Wildman–Crippen LogP) is 4.03. The number of methoxy groups -OCH3 is 2. The lowest BCUT2D eigenvalue weighted by molar-refractivity contribution is 0.0595. The highest BCUT2D eigenvalue weighted by molar-refractivity contribution is 7.18. The molecule has 0 amide bonds. The molecule has 2 aromatic rings. The minimum atomic E-state index is -0.596. The molecule has 22 heavy (non-hydrogen) atoms. The Hall–Kier alpha value is -1.97. The summed E-state index contributed by atoms with van der Waals surface area (Å²) in [6.07, 6.45) is 0. The molecule has 0 radical (unpaired) electrons. The van der Waals surface area contributed by atoms with Crippen molar-refractivity contribution in [2.24, 2.45) is 10.2 Å². The van der Waals surface area contributed by atoms with Crippen LogP contribution in [-0.2, 0) is 9.47 Å². The zero-order valence-electron chi connectivity index (χ0n) is 11.5. The molecule has 0 aliphatic heterocycles. The third-order valence-electron chi connectivity index (χ3n) is 2.47. The fourth-order valence-electron chi connectivity index (χ4n) is 1.48. The Morgan fingerprint density at radius 2 is 1.91 bits per heavy atom. The van der Waals surface area contributed by atoms with E-state index in [0.717, 1.165) is 22.7 Å². The summed E-state index contributed by atoms with van der Waals surface area (Å²) in [5, 5.41) is 10.4. The molecule has 0 unspecified atom stereocenters. The molecule has 0 fully saturated rings. The smallest absolute Gasteiger partial charge is 0.350 e. The van der Waals surface area contributed by atoms with Gasteiger partial charge in [0.1, 0.15) is 15.4 Å². The highest BCUT2D eigenvalue weighted by atomic mass is 35.5. The SMILES string of the molecule is COC(=O)c1sc(/N=N/c2scc(Cl)c2C(=O)OC)cc1N. The maximum Gasteiger partial charge on any atom is 0.350 e. The maximum atomic E-state index is 11.6. The Labute approximate surface area is 138 Å². The van der Waals surface area contributed by atoms with Crippen LogP contribution in [0.15, 0.2) is 21.7 Å². The summed E-state index contributed by atoms with van der Waals surface area (Å²) >= 11 is 8.10. The number of nitrogen functional groups attached to an aromatic ring is 1. The fraction of sp³-hybridized carbons (Fsp3) is 0.167. The summed E-state index contributed by atoms with van der Waals surface area (Å²) < 4.78 is 9.24. The number of rotatable bonds is 4. The second kappa shape index (κ2) is 6.86. The number of hydrogen-bond acceptors (Lipinski definition) is 9. The van der Waals surface area contributed by atoms with E-state index in [0.29, 0.717) is 10.0 Å². The van der Waals surface area contributed by atoms with Gasteiger partial charge in [-0.1, -0.05) is 11.6 Å². The van der Waals surface area contributed by atoms with Gasteiger partial charge in [0.05, 0.1) is 24.9 Å². The van der Waals surface area contributed by atoms with Crippen molar-refractivity contribution in [3.05, 3.63) is 26.9 Å². The van der Waals surface area contributed by atoms with Gasteiger partial charge in [0.2, 0.25) is 0 Å². The van der Waals surface area contributed by atoms with E-state index in [-0.39, 0.29) is 21.2 Å². The molecule has 2 heterocycles. The number of hydrogen-bond donors (Lipinski definition) is 1. The first-order valence-electron chi connectivity index (χ1n) is 5.72. The Morgan fingerprint density at radius 3 is 2.55 bits per heavy atom. The van der Waals surface area contributed by atoms with E-state index in [1.165, 1.54) is 20.3 Å². The first-order chi connectivity index (χ1) is 10.5. The van der Waals surface area contributed by atoms with Crippen molar-refractivity contribution in [2.45, 2.75) is 0 Å². The van der Waals surface area contributed by atoms with Gasteiger partial charge in [0.15, 0.2) is 5.00 Å². The van der Waals surface area contributed by atoms with Crippen LogP contribution in [0.2, 0.25) is 5.02 Å². The van der Waals surface area contributed by atoms with Gasteiger partial charge in [-0.15, -0.1) is 32.9 Å². The van der Waals surface area contributed by atoms with E-state index in [1.54, 1.807) is 5.38 Å². The molecule has 0 aliphatic carbocycles. The number of esters is 2. The molecular weight excluding hydrogens is 350 g/mol. The summed E-state index contributed by atoms with van der Waals surface area (Å²) in [7, 11) is 2.51. The molecule has 7 nitrogen and oxygen atoms in total. The van der Waals surface area contributed by atoms with Gasteiger partial charge in [0, 0.05) is 11.4 Å². The summed E-state index contributed by atoms with van der Waals surface area (Å²) in [6, 6.07) is 1.49. The van der Waals surface area contributed by atoms with Gasteiger partial charge in [-0.3, -0.25) is 0 Å². The molecule has 2 N–H and O–H groups in total. The number of carbonyl (C=O) groups excluding carboxylic acids is 2. The van der Waals surface area contributed by atoms with Crippen molar-refractivity contribution < 1.29 is 19.1 Å². The second-order valence-electron chi connectivity index (χ2n) is 3.82. The van der Waals surface area contributed by atoms with Crippen LogP contribution in [0.25, 0.3) is 0 Å². The van der Waals surface area contributed by atoms with E-state index in [9.17, 15) is 9.59 Å². The van der Waals surface area contributed by atoms with Gasteiger partial charge >= 0.3 is 11.9 Å². The maximum absolute atomic E-state index is 11.6. The van der Waals surface area contributed by atoms with Crippen molar-refractivity contribution in [1.29, 1.82) is 0 Å². The quantitative estimate of drug-likeness (QED) is 0.655. The largest absolute Gasteiger partial charge is 0.465 e. The number of halogens is 1. The van der Waals surface area contributed by atoms with E-state index in [1.807, 2.05) is 0 Å². The molecule has 0 bridgehead atoms. The van der Waals surface area contributed by atoms with Gasteiger partial charge in [-0.2, -0.15) is 0 Å². The lowest BCUT2D eigenvalue weighted by Gasteiger charge is -1.97. The van der Waals surface area contributed by atoms with Crippen LogP contribution in [0.4, 0.5) is 15.7 Å². The summed E-state index contributed by atoms with van der Waals surface area (Å²) in [5.74, 6) is -1.14. The number of azo groups is 1. The molecule has 0 saturated carbocycles. The Kier molecular flexibility index (Phi) is 5.11. The molecule has 0 atom stereocenters. The topological polar surface area (TPSA) is 103 Å². The average molecular weight is 360 g/mol. The fourth-order valence-corrected chi connectivity index (χ4v) is 3.38. The van der Waals surface area contributed by atoms with E-state index < -0.39 is 11.9 Å². The van der Waals surface area contributed by atoms with Gasteiger partial charge in [-0.25, -0.2) is 9.59 Å². The number of anilines is 1. The van der Waals surface area contributed by atoms with Gasteiger partial charge in [-0.05, 0) is 0 Å². The highest BCUT2D eigenvalue weighted by Crippen LogP contribution is 2.38. The molecule has 116 valence electrons. The highest BCUT2D eigenvalue weighted by Gasteiger charge is 2.19. The standard InChI is InChI=1S/C12H10ClN3O4S2/c1-19-11(17)8-5(13)4-21-10(8)16-15-7-3-6(14)9(22-7)12(18)20-2/h3-4H,14H2,1-2H3/b16-15+. The third-order valence-corrected chi connectivity index (χ3v) is 4.78. The number of thiophene rings is 2. The van der Waals surface area contributed by atoms with Gasteiger partial charge < -0.3 is 15.2 Å². The van der Waals surface area contributed by atoms with E-state index in [2.05, 4.69) is 19.7 Å². The Balaban J connectivity index is 2.30. The minimum absolute atomic E-state index is 0.149. The van der Waals surface area contributed by atoms with Gasteiger partial charge in [0.25, 0.3) is 0 Å². The molecular formula is C12H10ClN3O4S2. The normalized spacial score (nSPS) is 10.9. The minimum Gasteiger partial charge on any atom is -0.465 e. The molecule has 0 aliphatic rings. The van der Waals surface area contributed by atoms with Crippen LogP contribution in [0, 0.1) is 0 Å². The zero-order chi connectivity index (χ0) is 16.3. The summed E-state index contributed by atoms with van der Waals surface area (Å²) in [6.45, 7) is 0. The Morgan fingerprint density at radius 1 is 1.23 bits per heavy atom. The lowest BCUT2D eigenvalue weighted by Crippen LogP contribution is -2.00. The molecule has 0 spiro atoms. The van der Waals surface area contributed by atoms with Crippen molar-refractivity contribution >= 4 is 61.9 Å². The second-order valence-corrected chi connectivity index (χ2v) is 6.11. The van der Waals surface area contributed by atoms with Crippen molar-refractivity contribution in [3.63, 3.8) is 0 Å². The lowest BCUT2D eigenvalue weighted by atomic mass is 10.3. The average Bonchev–Trinajstić information content (AvgIpc) is 3.06. The van der Waals surface area contributed by atoms with Crippen LogP contribution in [0.1, 0.15) is 20.0 Å². The first-order valence-corrected chi connectivity index (χ1v) is 7.80. The van der Waals surface area contributed by atoms with Crippen LogP contribution in [0.3, 0.4) is 0 Å². The van der Waals surface area contributed by atoms with E-state index in [4.69, 9.17) is 17.3 Å². The van der Waals surface area contributed by atoms with Crippen molar-refractivity contribution in [1.82, 2.24) is 0 Å². The van der Waals surface area contributed by atoms with Crippen LogP contribution in [0.5, 0.6) is 0 Å². The summed E-state index contributed by atoms with van der Waals surface area (Å²) in [4.78, 5) is 23.3. The zero-order valence-corrected chi connectivity index (χ0v) is 13.8. The van der Waals surface area contributed by atoms with Crippen molar-refractivity contribution in [3.8, 4) is 0 Å². The number of ether oxygens (including phenoxy) is 2. The molecule has 10 heteroatoms.